The molecule has 1 aliphatic carbocycles. The van der Waals surface area contributed by atoms with Gasteiger partial charge in [-0.2, -0.15) is 0 Å². The number of carbonyl (C=O) groups is 3. The summed E-state index contributed by atoms with van der Waals surface area (Å²) in [5, 5.41) is 46.5. The Labute approximate surface area is 327 Å². The van der Waals surface area contributed by atoms with E-state index < -0.39 is 17.7 Å². The molecule has 14 nitrogen and oxygen atoms in total. The number of aromatic hydroxyl groups is 2. The first-order valence-corrected chi connectivity index (χ1v) is 19.8. The number of amides is 2. The Hall–Kier alpha value is -4.87. The SMILES string of the molecule is CNCCOC(=O)Nc1cc(OC)c(CNCC(C)c2ccc(O)c3c2OCC(=O)N3)cc1O.O=C(OC1CCCCC1)C(O)(c1cccs1)c1cccs1. The highest BCUT2D eigenvalue weighted by atomic mass is 32.1. The van der Waals surface area contributed by atoms with Crippen LogP contribution in [-0.4, -0.2) is 79.9 Å². The van der Waals surface area contributed by atoms with Crippen LogP contribution in [0.15, 0.2) is 59.3 Å². The first-order valence-electron chi connectivity index (χ1n) is 18.0. The van der Waals surface area contributed by atoms with Crippen LogP contribution >= 0.6 is 22.7 Å². The molecule has 1 aliphatic heterocycles. The highest BCUT2D eigenvalue weighted by molar-refractivity contribution is 7.12. The number of methoxy groups -OCH3 is 1. The molecule has 2 amide bonds. The second kappa shape index (κ2) is 19.6. The fourth-order valence-electron chi connectivity index (χ4n) is 6.24. The lowest BCUT2D eigenvalue weighted by Gasteiger charge is -2.28. The van der Waals surface area contributed by atoms with Crippen molar-refractivity contribution < 1.29 is 48.7 Å². The number of ether oxygens (including phenoxy) is 4. The summed E-state index contributed by atoms with van der Waals surface area (Å²) in [6, 6.07) is 13.6. The van der Waals surface area contributed by atoms with Crippen LogP contribution < -0.4 is 30.7 Å². The Morgan fingerprint density at radius 1 is 1.04 bits per heavy atom. The minimum Gasteiger partial charge on any atom is -0.506 e. The van der Waals surface area contributed by atoms with Crippen molar-refractivity contribution in [1.82, 2.24) is 10.6 Å². The molecule has 0 saturated heterocycles. The minimum absolute atomic E-state index is 0.0164. The highest BCUT2D eigenvalue weighted by Crippen LogP contribution is 2.42. The predicted molar refractivity (Wildman–Crippen MR) is 211 cm³/mol. The van der Waals surface area contributed by atoms with Gasteiger partial charge in [0.15, 0.2) is 12.4 Å². The first-order chi connectivity index (χ1) is 26.5. The Balaban J connectivity index is 0.000000235. The Bertz CT molecular complexity index is 1850. The van der Waals surface area contributed by atoms with Gasteiger partial charge >= 0.3 is 12.1 Å². The van der Waals surface area contributed by atoms with Crippen LogP contribution in [-0.2, 0) is 31.2 Å². The topological polar surface area (TPSA) is 197 Å². The third-order valence-corrected chi connectivity index (χ3v) is 11.1. The molecule has 2 aliphatic rings. The standard InChI is InChI=1S/C23H30N4O7.C16H18O3S2/c1-13(15-4-5-17(28)21-22(15)34-12-20(30)27-21)10-25-11-14-8-18(29)16(9-19(14)32-3)26-23(31)33-7-6-24-2;17-15(19-12-6-2-1-3-7-12)16(18,13-8-4-10-20-13)14-9-5-11-21-14/h4-5,8-9,13,24-25,28-29H,6-7,10-12H2,1-3H3,(H,26,31)(H,27,30);4-5,8-12,18H,1-3,6-7H2. The quantitative estimate of drug-likeness (QED) is 0.0446. The zero-order valence-corrected chi connectivity index (χ0v) is 32.6. The van der Waals surface area contributed by atoms with Crippen molar-refractivity contribution in [1.29, 1.82) is 0 Å². The average molecular weight is 797 g/mol. The molecule has 1 saturated carbocycles. The van der Waals surface area contributed by atoms with E-state index in [4.69, 9.17) is 18.9 Å². The lowest BCUT2D eigenvalue weighted by atomic mass is 9.96. The largest absolute Gasteiger partial charge is 0.506 e. The van der Waals surface area contributed by atoms with Crippen LogP contribution in [0.25, 0.3) is 0 Å². The second-order valence-electron chi connectivity index (χ2n) is 13.1. The van der Waals surface area contributed by atoms with Crippen molar-refractivity contribution in [2.24, 2.45) is 0 Å². The summed E-state index contributed by atoms with van der Waals surface area (Å²) in [6.07, 6.45) is 4.45. The van der Waals surface area contributed by atoms with Gasteiger partial charge in [0.1, 0.15) is 35.6 Å². The minimum atomic E-state index is -1.67. The van der Waals surface area contributed by atoms with E-state index in [2.05, 4.69) is 21.3 Å². The van der Waals surface area contributed by atoms with Gasteiger partial charge in [0.2, 0.25) is 5.60 Å². The maximum absolute atomic E-state index is 12.7. The summed E-state index contributed by atoms with van der Waals surface area (Å²) in [4.78, 5) is 37.4. The van der Waals surface area contributed by atoms with E-state index >= 15 is 0 Å². The van der Waals surface area contributed by atoms with Gasteiger partial charge in [0.05, 0.1) is 22.6 Å². The number of phenolic OH excluding ortho intramolecular Hbond substituents is 2. The molecule has 296 valence electrons. The molecular formula is C39H48N4O10S2. The number of nitrogens with one attached hydrogen (secondary N) is 4. The van der Waals surface area contributed by atoms with Crippen molar-refractivity contribution in [3.8, 4) is 23.0 Å². The van der Waals surface area contributed by atoms with Crippen LogP contribution in [0.2, 0.25) is 0 Å². The monoisotopic (exact) mass is 796 g/mol. The Kier molecular flexibility index (Phi) is 14.7. The lowest BCUT2D eigenvalue weighted by Crippen LogP contribution is -2.39. The maximum atomic E-state index is 12.7. The zero-order chi connectivity index (χ0) is 39.4. The van der Waals surface area contributed by atoms with Gasteiger partial charge in [0, 0.05) is 36.8 Å². The van der Waals surface area contributed by atoms with Gasteiger partial charge in [-0.15, -0.1) is 22.7 Å². The van der Waals surface area contributed by atoms with Gasteiger partial charge in [-0.1, -0.05) is 31.5 Å². The smallest absolute Gasteiger partial charge is 0.411 e. The van der Waals surface area contributed by atoms with Gasteiger partial charge in [-0.25, -0.2) is 9.59 Å². The molecule has 1 fully saturated rings. The van der Waals surface area contributed by atoms with Gasteiger partial charge in [-0.05, 0) is 73.7 Å². The molecule has 4 aromatic rings. The number of carbonyl (C=O) groups excluding carboxylic acids is 3. The molecular weight excluding hydrogens is 749 g/mol. The lowest BCUT2D eigenvalue weighted by molar-refractivity contribution is -0.168. The number of phenols is 2. The zero-order valence-electron chi connectivity index (χ0n) is 31.0. The number of anilines is 2. The predicted octanol–water partition coefficient (Wildman–Crippen LogP) is 6.02. The van der Waals surface area contributed by atoms with E-state index in [1.165, 1.54) is 54.4 Å². The van der Waals surface area contributed by atoms with Crippen molar-refractivity contribution >= 4 is 52.0 Å². The molecule has 0 spiro atoms. The van der Waals surface area contributed by atoms with Crippen molar-refractivity contribution in [2.75, 3.05) is 51.1 Å². The third kappa shape index (κ3) is 10.5. The van der Waals surface area contributed by atoms with Gasteiger partial charge < -0.3 is 50.2 Å². The number of hydrogen-bond acceptors (Lipinski definition) is 14. The molecule has 3 heterocycles. The van der Waals surface area contributed by atoms with E-state index in [0.29, 0.717) is 46.5 Å². The highest BCUT2D eigenvalue weighted by Gasteiger charge is 2.44. The summed E-state index contributed by atoms with van der Waals surface area (Å²) >= 11 is 2.75. The third-order valence-electron chi connectivity index (χ3n) is 9.17. The fraction of sp³-hybridized carbons (Fsp3) is 0.410. The molecule has 6 rings (SSSR count). The molecule has 0 radical (unpaired) electrons. The Morgan fingerprint density at radius 2 is 1.75 bits per heavy atom. The van der Waals surface area contributed by atoms with E-state index in [1.807, 2.05) is 29.8 Å². The molecule has 55 heavy (non-hydrogen) atoms. The van der Waals surface area contributed by atoms with Crippen LogP contribution in [0.5, 0.6) is 23.0 Å². The number of hydrogen-bond donors (Lipinski definition) is 7. The van der Waals surface area contributed by atoms with E-state index in [0.717, 1.165) is 31.2 Å². The maximum Gasteiger partial charge on any atom is 0.411 e. The Morgan fingerprint density at radius 3 is 2.38 bits per heavy atom. The van der Waals surface area contributed by atoms with Crippen molar-refractivity contribution in [2.45, 2.75) is 63.2 Å². The van der Waals surface area contributed by atoms with Gasteiger partial charge in [0.25, 0.3) is 5.91 Å². The van der Waals surface area contributed by atoms with Crippen molar-refractivity contribution in [3.05, 3.63) is 80.2 Å². The summed E-state index contributed by atoms with van der Waals surface area (Å²) in [6.45, 7) is 3.51. The summed E-state index contributed by atoms with van der Waals surface area (Å²) in [5.41, 5.74) is 0.321. The van der Waals surface area contributed by atoms with Crippen LogP contribution in [0.4, 0.5) is 16.2 Å². The first kappa shape index (κ1) is 41.3. The van der Waals surface area contributed by atoms with E-state index in [9.17, 15) is 29.7 Å². The molecule has 0 bridgehead atoms. The number of thiophene rings is 2. The van der Waals surface area contributed by atoms with Crippen LogP contribution in [0.3, 0.4) is 0 Å². The normalized spacial score (nSPS) is 14.7. The number of esters is 1. The molecule has 16 heteroatoms. The molecule has 2 aromatic heterocycles. The van der Waals surface area contributed by atoms with E-state index in [-0.39, 0.29) is 54.0 Å². The van der Waals surface area contributed by atoms with Crippen LogP contribution in [0.1, 0.15) is 65.8 Å². The van der Waals surface area contributed by atoms with E-state index in [1.54, 1.807) is 25.2 Å². The second-order valence-corrected chi connectivity index (χ2v) is 15.0. The van der Waals surface area contributed by atoms with Gasteiger partial charge in [-0.3, -0.25) is 10.1 Å². The fourth-order valence-corrected chi connectivity index (χ4v) is 7.96. The molecule has 2 aromatic carbocycles. The molecule has 7 N–H and O–H groups in total. The summed E-state index contributed by atoms with van der Waals surface area (Å²) in [5.74, 6) is -0.101. The number of aliphatic hydroxyl groups is 1. The van der Waals surface area contributed by atoms with Crippen molar-refractivity contribution in [3.63, 3.8) is 0 Å². The molecule has 1 unspecified atom stereocenters. The summed E-state index contributed by atoms with van der Waals surface area (Å²) < 4.78 is 21.6. The number of likely N-dealkylation sites (N-methyl/N-ethyl adjacent to an activating group) is 1. The number of rotatable bonds is 14. The van der Waals surface area contributed by atoms with Crippen LogP contribution in [0, 0.1) is 0 Å². The average Bonchev–Trinajstić information content (AvgIpc) is 3.93. The molecule has 1 atom stereocenters. The number of benzene rings is 2. The summed E-state index contributed by atoms with van der Waals surface area (Å²) in [7, 11) is 3.25. The number of fused-ring (bicyclic) bond motifs is 1.